The smallest absolute Gasteiger partial charge is 0.748 e. The van der Waals surface area contributed by atoms with E-state index >= 15 is 0 Å². The first-order valence-corrected chi connectivity index (χ1v) is 19.2. The Labute approximate surface area is 347 Å². The Kier molecular flexibility index (Phi) is 12.4. The maximum absolute atomic E-state index is 12.3. The molecule has 4 N–H and O–H groups in total. The summed E-state index contributed by atoms with van der Waals surface area (Å²) in [5.41, 5.74) is 4.38. The number of rotatable bonds is 10. The number of allylic oxidation sites excluding steroid dienone is 8. The predicted molar refractivity (Wildman–Crippen MR) is 195 cm³/mol. The third kappa shape index (κ3) is 8.23. The van der Waals surface area contributed by atoms with Crippen LogP contribution in [0.3, 0.4) is 0 Å². The molecule has 14 nitrogen and oxygen atoms in total. The zero-order valence-electron chi connectivity index (χ0n) is 30.2. The number of urea groups is 2. The van der Waals surface area contributed by atoms with Crippen LogP contribution in [-0.4, -0.2) is 86.6 Å². The summed E-state index contributed by atoms with van der Waals surface area (Å²) in [5, 5.41) is 9.35. The van der Waals surface area contributed by atoms with Crippen molar-refractivity contribution < 1.29 is 91.5 Å². The number of nitrogens with one attached hydrogen (secondary N) is 4. The molecule has 17 heteroatoms. The van der Waals surface area contributed by atoms with Gasteiger partial charge in [0.05, 0.1) is 16.6 Å². The quantitative estimate of drug-likeness (QED) is 0.0680. The van der Waals surface area contributed by atoms with Gasteiger partial charge in [-0.3, -0.25) is 0 Å². The largest absolute Gasteiger partial charge is 1.00 e. The van der Waals surface area contributed by atoms with E-state index in [0.717, 1.165) is 28.2 Å². The van der Waals surface area contributed by atoms with Crippen LogP contribution < -0.4 is 77.1 Å². The molecule has 2 aromatic rings. The fourth-order valence-corrected chi connectivity index (χ4v) is 8.65. The van der Waals surface area contributed by atoms with Crippen LogP contribution in [0.4, 0.5) is 32.3 Å². The van der Waals surface area contributed by atoms with Crippen molar-refractivity contribution in [1.82, 2.24) is 15.1 Å². The summed E-state index contributed by atoms with van der Waals surface area (Å²) in [5.74, 6) is -0.591. The molecule has 1 spiro atoms. The molecule has 3 aliphatic heterocycles. The maximum Gasteiger partial charge on any atom is 1.00 e. The molecule has 4 amide bonds. The van der Waals surface area contributed by atoms with Crippen LogP contribution in [-0.2, 0) is 31.1 Å². The molecule has 5 rings (SSSR count). The van der Waals surface area contributed by atoms with Crippen molar-refractivity contribution in [2.45, 2.75) is 43.9 Å². The molecule has 3 aliphatic rings. The molecule has 1 fully saturated rings. The molecule has 1 saturated heterocycles. The Morgan fingerprint density at radius 1 is 0.846 bits per heavy atom. The number of hydrogen-bond donors (Lipinski definition) is 4. The van der Waals surface area contributed by atoms with Gasteiger partial charge in [0.25, 0.3) is 0 Å². The Morgan fingerprint density at radius 3 is 1.96 bits per heavy atom. The van der Waals surface area contributed by atoms with E-state index in [4.69, 9.17) is 0 Å². The van der Waals surface area contributed by atoms with Crippen molar-refractivity contribution in [2.75, 3.05) is 43.6 Å². The molecular weight excluding hydrogens is 736 g/mol. The zero-order chi connectivity index (χ0) is 37.6. The number of carbonyl (C=O) groups excluding carboxylic acids is 2. The number of fused-ring (bicyclic) bond motifs is 3. The van der Waals surface area contributed by atoms with Crippen molar-refractivity contribution in [2.24, 2.45) is 0 Å². The van der Waals surface area contributed by atoms with Gasteiger partial charge in [-0.2, -0.15) is 4.58 Å². The summed E-state index contributed by atoms with van der Waals surface area (Å²) >= 11 is 0. The van der Waals surface area contributed by atoms with Gasteiger partial charge >= 0.3 is 63.4 Å². The number of amides is 4. The summed E-state index contributed by atoms with van der Waals surface area (Å²) in [7, 11) is -6.09. The fourth-order valence-electron chi connectivity index (χ4n) is 7.16. The van der Waals surface area contributed by atoms with Gasteiger partial charge in [-0.1, -0.05) is 30.4 Å². The van der Waals surface area contributed by atoms with Crippen molar-refractivity contribution in [3.63, 3.8) is 0 Å². The first kappa shape index (κ1) is 41.8. The van der Waals surface area contributed by atoms with Crippen molar-refractivity contribution in [3.8, 4) is 0 Å². The standard InChI is InChI=1S/C35H42N6O8S2.K/c1-34(2)25-20-23(38-32(42)36-5)14-16-27(25)40(18-19-50(44,45)46)29(34)12-10-8-7-9-11-13-30-35(3,4)26-21-24(39-33(43)37-6)15-17-28(26)41(30)22-31(41)51(47,48)49;/h7-17,20-21,31H,18-19,22H2,1-6H3,(H4-2,36,37,38,39,42,43,44,45,46,47,48,49);/q;+1/b8-7+,11-9+,12-10+,30-13+;. The molecule has 2 unspecified atom stereocenters. The Balaban J connectivity index is 0.00000605. The average Bonchev–Trinajstić information content (AvgIpc) is 3.73. The Morgan fingerprint density at radius 2 is 1.40 bits per heavy atom. The number of nitrogens with zero attached hydrogens (tertiary/aromatic N) is 2. The summed E-state index contributed by atoms with van der Waals surface area (Å²) in [4.78, 5) is 23.9. The van der Waals surface area contributed by atoms with Crippen LogP contribution in [0.15, 0.2) is 84.6 Å². The van der Waals surface area contributed by atoms with E-state index in [1.807, 2.05) is 52.0 Å². The van der Waals surface area contributed by atoms with Crippen LogP contribution in [0, 0.1) is 0 Å². The maximum atomic E-state index is 12.3. The van der Waals surface area contributed by atoms with Gasteiger partial charge in [0.1, 0.15) is 21.5 Å². The average molecular weight is 778 g/mol. The minimum Gasteiger partial charge on any atom is -0.748 e. The SMILES string of the molecule is CNC(=O)Nc1ccc2c(c1)C(C)(C)C(/C=C/C=C/C=C/C=C1\C(C)(C)c3cc(NC(=O)NC)ccc3[N+]13CC3S(=O)(=O)[O-])=[N+]2CCS(=O)(=O)[O-].[K+]. The van der Waals surface area contributed by atoms with Gasteiger partial charge in [-0.15, -0.1) is 0 Å². The molecule has 0 saturated carbocycles. The summed E-state index contributed by atoms with van der Waals surface area (Å²) in [6, 6.07) is 9.79. The van der Waals surface area contributed by atoms with Crippen molar-refractivity contribution in [1.29, 1.82) is 0 Å². The molecule has 52 heavy (non-hydrogen) atoms. The second kappa shape index (κ2) is 15.4. The molecule has 0 bridgehead atoms. The van der Waals surface area contributed by atoms with Gasteiger partial charge in [0, 0.05) is 54.8 Å². The van der Waals surface area contributed by atoms with Crippen LogP contribution in [0.5, 0.6) is 0 Å². The summed E-state index contributed by atoms with van der Waals surface area (Å²) in [6.07, 6.45) is 12.6. The predicted octanol–water partition coefficient (Wildman–Crippen LogP) is 0.851. The molecule has 0 radical (unpaired) electrons. The molecule has 2 atom stereocenters. The first-order valence-electron chi connectivity index (χ1n) is 16.2. The van der Waals surface area contributed by atoms with Crippen LogP contribution >= 0.6 is 0 Å². The number of carbonyl (C=O) groups is 2. The minimum atomic E-state index is -4.61. The van der Waals surface area contributed by atoms with E-state index in [9.17, 15) is 35.5 Å². The second-order valence-corrected chi connectivity index (χ2v) is 16.7. The number of anilines is 2. The first-order chi connectivity index (χ1) is 23.8. The zero-order valence-corrected chi connectivity index (χ0v) is 34.9. The number of quaternary nitrogens is 1. The van der Waals surface area contributed by atoms with Gasteiger partial charge < -0.3 is 30.4 Å². The Bertz CT molecular complexity index is 2180. The van der Waals surface area contributed by atoms with E-state index in [1.165, 1.54) is 14.1 Å². The van der Waals surface area contributed by atoms with Gasteiger partial charge in [0.15, 0.2) is 28.9 Å². The van der Waals surface area contributed by atoms with Gasteiger partial charge in [0.2, 0.25) is 11.1 Å². The number of hydrogen-bond acceptors (Lipinski definition) is 8. The topological polar surface area (TPSA) is 200 Å². The molecule has 272 valence electrons. The van der Waals surface area contributed by atoms with Crippen LogP contribution in [0.1, 0.15) is 38.8 Å². The van der Waals surface area contributed by atoms with Gasteiger partial charge in [-0.25, -0.2) is 30.9 Å². The van der Waals surface area contributed by atoms with Crippen molar-refractivity contribution >= 4 is 60.8 Å². The minimum absolute atomic E-state index is 0. The third-order valence-electron chi connectivity index (χ3n) is 9.68. The molecular formula is C35H42KN6O8S2+. The monoisotopic (exact) mass is 777 g/mol. The van der Waals surface area contributed by atoms with E-state index in [1.54, 1.807) is 59.2 Å². The van der Waals surface area contributed by atoms with E-state index < -0.39 is 48.2 Å². The third-order valence-corrected chi connectivity index (χ3v) is 11.5. The number of benzene rings is 2. The normalized spacial score (nSPS) is 22.2. The Hall–Kier alpha value is -2.97. The van der Waals surface area contributed by atoms with Crippen LogP contribution in [0.2, 0.25) is 0 Å². The molecule has 3 heterocycles. The van der Waals surface area contributed by atoms with E-state index in [2.05, 4.69) is 21.3 Å². The van der Waals surface area contributed by atoms with E-state index in [-0.39, 0.29) is 75.0 Å². The van der Waals surface area contributed by atoms with Gasteiger partial charge in [-0.05, 0) is 58.0 Å². The summed E-state index contributed by atoms with van der Waals surface area (Å²) < 4.78 is 73.2. The molecule has 0 aliphatic carbocycles. The molecule has 0 aromatic heterocycles. The van der Waals surface area contributed by atoms with Crippen molar-refractivity contribution in [3.05, 3.63) is 95.8 Å². The molecule has 2 aromatic carbocycles. The fraction of sp³-hybridized carbons (Fsp3) is 0.343. The van der Waals surface area contributed by atoms with E-state index in [0.29, 0.717) is 17.1 Å². The second-order valence-electron chi connectivity index (χ2n) is 13.6. The summed E-state index contributed by atoms with van der Waals surface area (Å²) in [6.45, 7) is 7.91. The van der Waals surface area contributed by atoms with Crippen LogP contribution in [0.25, 0.3) is 0 Å².